The van der Waals surface area contributed by atoms with E-state index < -0.39 is 0 Å². The number of rotatable bonds is 4. The van der Waals surface area contributed by atoms with E-state index in [1.54, 1.807) is 0 Å². The highest BCUT2D eigenvalue weighted by Crippen LogP contribution is 2.31. The minimum Gasteiger partial charge on any atom is -0.372 e. The smallest absolute Gasteiger partial charge is 0.0820 e. The van der Waals surface area contributed by atoms with Crippen molar-refractivity contribution in [2.45, 2.75) is 20.0 Å². The van der Waals surface area contributed by atoms with Crippen LogP contribution in [0.2, 0.25) is 0 Å². The van der Waals surface area contributed by atoms with Crippen LogP contribution in [-0.2, 0) is 11.8 Å². The van der Waals surface area contributed by atoms with Gasteiger partial charge in [-0.25, -0.2) is 0 Å². The SMILES string of the molecule is Cc1c(C(C)OCCN)c2ccccc2n1C. The van der Waals surface area contributed by atoms with E-state index in [0.717, 1.165) is 0 Å². The molecule has 1 atom stereocenters. The first-order chi connectivity index (χ1) is 8.16. The van der Waals surface area contributed by atoms with Crippen molar-refractivity contribution in [1.82, 2.24) is 4.57 Å². The van der Waals surface area contributed by atoms with Crippen LogP contribution in [0.1, 0.15) is 24.3 Å². The Morgan fingerprint density at radius 3 is 2.76 bits per heavy atom. The third-order valence-corrected chi connectivity index (χ3v) is 3.34. The zero-order chi connectivity index (χ0) is 12.4. The molecule has 0 aliphatic carbocycles. The van der Waals surface area contributed by atoms with Crippen molar-refractivity contribution in [2.24, 2.45) is 12.8 Å². The Hall–Kier alpha value is -1.32. The number of para-hydroxylation sites is 1. The lowest BCUT2D eigenvalue weighted by atomic mass is 10.1. The molecule has 1 unspecified atom stereocenters. The predicted octanol–water partition coefficient (Wildman–Crippen LogP) is 2.52. The summed E-state index contributed by atoms with van der Waals surface area (Å²) in [6.45, 7) is 5.39. The van der Waals surface area contributed by atoms with E-state index in [1.165, 1.54) is 22.2 Å². The van der Waals surface area contributed by atoms with Gasteiger partial charge in [0.2, 0.25) is 0 Å². The molecular weight excluding hydrogens is 212 g/mol. The van der Waals surface area contributed by atoms with Gasteiger partial charge in [0.1, 0.15) is 0 Å². The van der Waals surface area contributed by atoms with Gasteiger partial charge in [0.25, 0.3) is 0 Å². The first-order valence-electron chi connectivity index (χ1n) is 6.02. The molecule has 0 saturated carbocycles. The zero-order valence-corrected chi connectivity index (χ0v) is 10.7. The third kappa shape index (κ3) is 2.08. The minimum atomic E-state index is 0.0876. The quantitative estimate of drug-likeness (QED) is 0.880. The van der Waals surface area contributed by atoms with Crippen LogP contribution in [0.25, 0.3) is 10.9 Å². The third-order valence-electron chi connectivity index (χ3n) is 3.34. The lowest BCUT2D eigenvalue weighted by molar-refractivity contribution is 0.0722. The molecule has 3 nitrogen and oxygen atoms in total. The molecule has 92 valence electrons. The average molecular weight is 232 g/mol. The van der Waals surface area contributed by atoms with Gasteiger partial charge in [-0.15, -0.1) is 0 Å². The number of benzene rings is 1. The Kier molecular flexibility index (Phi) is 3.50. The van der Waals surface area contributed by atoms with Gasteiger partial charge in [-0.1, -0.05) is 18.2 Å². The molecule has 2 rings (SSSR count). The maximum absolute atomic E-state index is 5.74. The average Bonchev–Trinajstić information content (AvgIpc) is 2.60. The molecule has 2 N–H and O–H groups in total. The van der Waals surface area contributed by atoms with E-state index in [4.69, 9.17) is 10.5 Å². The molecule has 17 heavy (non-hydrogen) atoms. The molecular formula is C14H20N2O. The van der Waals surface area contributed by atoms with Crippen LogP contribution in [0.4, 0.5) is 0 Å². The maximum atomic E-state index is 5.74. The number of nitrogens with two attached hydrogens (primary N) is 1. The molecule has 1 aromatic carbocycles. The van der Waals surface area contributed by atoms with E-state index in [2.05, 4.69) is 49.7 Å². The van der Waals surface area contributed by atoms with Crippen molar-refractivity contribution in [3.8, 4) is 0 Å². The van der Waals surface area contributed by atoms with Crippen LogP contribution in [0.3, 0.4) is 0 Å². The number of nitrogens with zero attached hydrogens (tertiary/aromatic N) is 1. The molecule has 1 aromatic heterocycles. The summed E-state index contributed by atoms with van der Waals surface area (Å²) in [6.07, 6.45) is 0.0876. The van der Waals surface area contributed by atoms with Gasteiger partial charge in [0, 0.05) is 35.8 Å². The van der Waals surface area contributed by atoms with E-state index in [-0.39, 0.29) is 6.10 Å². The fourth-order valence-corrected chi connectivity index (χ4v) is 2.39. The molecule has 0 spiro atoms. The summed E-state index contributed by atoms with van der Waals surface area (Å²) in [7, 11) is 2.09. The number of hydrogen-bond acceptors (Lipinski definition) is 2. The maximum Gasteiger partial charge on any atom is 0.0820 e. The topological polar surface area (TPSA) is 40.2 Å². The lowest BCUT2D eigenvalue weighted by Gasteiger charge is -2.13. The molecule has 0 radical (unpaired) electrons. The van der Waals surface area contributed by atoms with Gasteiger partial charge >= 0.3 is 0 Å². The summed E-state index contributed by atoms with van der Waals surface area (Å²) in [4.78, 5) is 0. The molecule has 2 aromatic rings. The Morgan fingerprint density at radius 2 is 2.06 bits per heavy atom. The highest BCUT2D eigenvalue weighted by Gasteiger charge is 2.17. The van der Waals surface area contributed by atoms with Gasteiger partial charge in [0.05, 0.1) is 12.7 Å². The standard InChI is InChI=1S/C14H20N2O/c1-10-14(11(2)17-9-8-15)12-6-4-5-7-13(12)16(10)3/h4-7,11H,8-9,15H2,1-3H3. The second-order valence-electron chi connectivity index (χ2n) is 4.38. The fourth-order valence-electron chi connectivity index (χ4n) is 2.39. The van der Waals surface area contributed by atoms with Crippen LogP contribution < -0.4 is 5.73 Å². The molecule has 3 heteroatoms. The fraction of sp³-hybridized carbons (Fsp3) is 0.429. The first kappa shape index (κ1) is 12.1. The van der Waals surface area contributed by atoms with Crippen molar-refractivity contribution in [2.75, 3.05) is 13.2 Å². The molecule has 0 amide bonds. The molecule has 1 heterocycles. The summed E-state index contributed by atoms with van der Waals surface area (Å²) < 4.78 is 7.96. The second-order valence-corrected chi connectivity index (χ2v) is 4.38. The summed E-state index contributed by atoms with van der Waals surface area (Å²) in [5.74, 6) is 0. The van der Waals surface area contributed by atoms with Crippen LogP contribution in [-0.4, -0.2) is 17.7 Å². The first-order valence-corrected chi connectivity index (χ1v) is 6.02. The van der Waals surface area contributed by atoms with Gasteiger partial charge in [-0.2, -0.15) is 0 Å². The van der Waals surface area contributed by atoms with Gasteiger partial charge in [-0.05, 0) is 19.9 Å². The van der Waals surface area contributed by atoms with Crippen molar-refractivity contribution in [3.63, 3.8) is 0 Å². The van der Waals surface area contributed by atoms with E-state index in [0.29, 0.717) is 13.2 Å². The molecule has 0 saturated heterocycles. The van der Waals surface area contributed by atoms with E-state index in [9.17, 15) is 0 Å². The summed E-state index contributed by atoms with van der Waals surface area (Å²) >= 11 is 0. The minimum absolute atomic E-state index is 0.0876. The summed E-state index contributed by atoms with van der Waals surface area (Å²) in [6, 6.07) is 8.43. The number of hydrogen-bond donors (Lipinski definition) is 1. The number of aromatic nitrogens is 1. The lowest BCUT2D eigenvalue weighted by Crippen LogP contribution is -2.11. The summed E-state index contributed by atoms with van der Waals surface area (Å²) in [5, 5.41) is 1.28. The highest BCUT2D eigenvalue weighted by molar-refractivity contribution is 5.85. The van der Waals surface area contributed by atoms with Crippen LogP contribution in [0.15, 0.2) is 24.3 Å². The van der Waals surface area contributed by atoms with E-state index in [1.807, 2.05) is 0 Å². The van der Waals surface area contributed by atoms with Gasteiger partial charge < -0.3 is 15.0 Å². The Morgan fingerprint density at radius 1 is 1.35 bits per heavy atom. The van der Waals surface area contributed by atoms with Gasteiger partial charge in [0.15, 0.2) is 0 Å². The Balaban J connectivity index is 2.49. The summed E-state index contributed by atoms with van der Waals surface area (Å²) in [5.41, 5.74) is 9.27. The molecule has 0 aliphatic heterocycles. The Labute approximate surface area is 102 Å². The van der Waals surface area contributed by atoms with Crippen molar-refractivity contribution >= 4 is 10.9 Å². The molecule has 0 aliphatic rings. The molecule has 0 fully saturated rings. The second kappa shape index (κ2) is 4.90. The van der Waals surface area contributed by atoms with Crippen LogP contribution in [0, 0.1) is 6.92 Å². The van der Waals surface area contributed by atoms with Crippen molar-refractivity contribution in [1.29, 1.82) is 0 Å². The normalized spacial score (nSPS) is 13.2. The number of fused-ring (bicyclic) bond motifs is 1. The highest BCUT2D eigenvalue weighted by atomic mass is 16.5. The van der Waals surface area contributed by atoms with Crippen LogP contribution in [0.5, 0.6) is 0 Å². The monoisotopic (exact) mass is 232 g/mol. The van der Waals surface area contributed by atoms with Crippen LogP contribution >= 0.6 is 0 Å². The number of ether oxygens (including phenoxy) is 1. The van der Waals surface area contributed by atoms with Crippen molar-refractivity contribution in [3.05, 3.63) is 35.5 Å². The molecule has 0 bridgehead atoms. The predicted molar refractivity (Wildman–Crippen MR) is 71.1 cm³/mol. The van der Waals surface area contributed by atoms with Crippen molar-refractivity contribution < 1.29 is 4.74 Å². The largest absolute Gasteiger partial charge is 0.372 e. The zero-order valence-electron chi connectivity index (χ0n) is 10.7. The Bertz CT molecular complexity index is 516. The number of aryl methyl sites for hydroxylation is 1. The van der Waals surface area contributed by atoms with E-state index >= 15 is 0 Å². The van der Waals surface area contributed by atoms with Gasteiger partial charge in [-0.3, -0.25) is 0 Å².